The number of carbonyl (C=O) groups excluding carboxylic acids is 1. The van der Waals surface area contributed by atoms with Crippen molar-refractivity contribution >= 4 is 5.91 Å². The van der Waals surface area contributed by atoms with Gasteiger partial charge in [0.2, 0.25) is 5.91 Å². The first-order chi connectivity index (χ1) is 7.77. The van der Waals surface area contributed by atoms with Crippen LogP contribution in [0.1, 0.15) is 38.5 Å². The molecule has 3 nitrogen and oxygen atoms in total. The molecular formula is C13H24N2O. The fraction of sp³-hybridized carbons (Fsp3) is 0.923. The van der Waals surface area contributed by atoms with Crippen molar-refractivity contribution in [2.75, 3.05) is 33.2 Å². The molecule has 1 saturated carbocycles. The molecule has 1 amide bonds. The van der Waals surface area contributed by atoms with Crippen LogP contribution in [0.15, 0.2) is 0 Å². The normalized spacial score (nSPS) is 25.4. The predicted molar refractivity (Wildman–Crippen MR) is 65.3 cm³/mol. The Morgan fingerprint density at radius 2 is 1.50 bits per heavy atom. The third-order valence-electron chi connectivity index (χ3n) is 4.02. The highest BCUT2D eigenvalue weighted by molar-refractivity contribution is 5.79. The van der Waals surface area contributed by atoms with Crippen LogP contribution in [0.4, 0.5) is 0 Å². The highest BCUT2D eigenvalue weighted by atomic mass is 16.2. The van der Waals surface area contributed by atoms with Gasteiger partial charge >= 0.3 is 0 Å². The monoisotopic (exact) mass is 224 g/mol. The maximum absolute atomic E-state index is 12.3. The number of hydrogen-bond donors (Lipinski definition) is 0. The molecular weight excluding hydrogens is 200 g/mol. The van der Waals surface area contributed by atoms with Gasteiger partial charge in [-0.25, -0.2) is 0 Å². The number of piperazine rings is 1. The summed E-state index contributed by atoms with van der Waals surface area (Å²) in [5, 5.41) is 0. The van der Waals surface area contributed by atoms with E-state index in [4.69, 9.17) is 0 Å². The lowest BCUT2D eigenvalue weighted by molar-refractivity contribution is -0.137. The van der Waals surface area contributed by atoms with E-state index in [0.29, 0.717) is 11.8 Å². The average molecular weight is 224 g/mol. The zero-order valence-electron chi connectivity index (χ0n) is 10.5. The summed E-state index contributed by atoms with van der Waals surface area (Å²) in [6, 6.07) is 0. The lowest BCUT2D eigenvalue weighted by Gasteiger charge is -2.34. The molecule has 2 aliphatic rings. The van der Waals surface area contributed by atoms with Crippen LogP contribution < -0.4 is 0 Å². The maximum Gasteiger partial charge on any atom is 0.225 e. The van der Waals surface area contributed by atoms with Gasteiger partial charge in [-0.05, 0) is 19.9 Å². The van der Waals surface area contributed by atoms with Crippen LogP contribution in [0.25, 0.3) is 0 Å². The van der Waals surface area contributed by atoms with Gasteiger partial charge < -0.3 is 9.80 Å². The highest BCUT2D eigenvalue weighted by Crippen LogP contribution is 2.24. The second-order valence-electron chi connectivity index (χ2n) is 5.32. The molecule has 0 bridgehead atoms. The molecule has 0 N–H and O–H groups in total. The average Bonchev–Trinajstić information content (AvgIpc) is 2.57. The molecule has 1 aliphatic carbocycles. The summed E-state index contributed by atoms with van der Waals surface area (Å²) in [4.78, 5) is 16.7. The summed E-state index contributed by atoms with van der Waals surface area (Å²) in [6.45, 7) is 3.95. The molecule has 0 aromatic rings. The smallest absolute Gasteiger partial charge is 0.225 e. The number of nitrogens with zero attached hydrogens (tertiary/aromatic N) is 2. The Balaban J connectivity index is 1.85. The summed E-state index contributed by atoms with van der Waals surface area (Å²) >= 11 is 0. The van der Waals surface area contributed by atoms with Gasteiger partial charge in [0.15, 0.2) is 0 Å². The van der Waals surface area contributed by atoms with Crippen LogP contribution in [0.5, 0.6) is 0 Å². The number of rotatable bonds is 1. The van der Waals surface area contributed by atoms with Crippen LogP contribution >= 0.6 is 0 Å². The molecule has 0 aromatic heterocycles. The van der Waals surface area contributed by atoms with Crippen molar-refractivity contribution in [1.29, 1.82) is 0 Å². The molecule has 0 atom stereocenters. The summed E-state index contributed by atoms with van der Waals surface area (Å²) in [5.74, 6) is 0.779. The van der Waals surface area contributed by atoms with Crippen LogP contribution in [-0.2, 0) is 4.79 Å². The van der Waals surface area contributed by atoms with E-state index in [1.807, 2.05) is 0 Å². The molecule has 0 unspecified atom stereocenters. The van der Waals surface area contributed by atoms with E-state index in [1.54, 1.807) is 0 Å². The lowest BCUT2D eigenvalue weighted by Crippen LogP contribution is -2.49. The van der Waals surface area contributed by atoms with E-state index < -0.39 is 0 Å². The highest BCUT2D eigenvalue weighted by Gasteiger charge is 2.26. The minimum atomic E-state index is 0.339. The standard InChI is InChI=1S/C13H24N2O/c1-14-8-10-15(11-9-14)13(16)12-6-4-2-3-5-7-12/h12H,2-11H2,1H3. The minimum Gasteiger partial charge on any atom is -0.340 e. The van der Waals surface area contributed by atoms with Gasteiger partial charge in [0, 0.05) is 32.1 Å². The Morgan fingerprint density at radius 3 is 2.06 bits per heavy atom. The summed E-state index contributed by atoms with van der Waals surface area (Å²) in [7, 11) is 2.13. The van der Waals surface area contributed by atoms with Crippen molar-refractivity contribution in [2.24, 2.45) is 5.92 Å². The molecule has 0 radical (unpaired) electrons. The van der Waals surface area contributed by atoms with E-state index >= 15 is 0 Å². The fourth-order valence-corrected chi connectivity index (χ4v) is 2.81. The maximum atomic E-state index is 12.3. The molecule has 3 heteroatoms. The first-order valence-corrected chi connectivity index (χ1v) is 6.75. The quantitative estimate of drug-likeness (QED) is 0.633. The van der Waals surface area contributed by atoms with Crippen molar-refractivity contribution in [3.63, 3.8) is 0 Å². The van der Waals surface area contributed by atoms with Crippen molar-refractivity contribution in [2.45, 2.75) is 38.5 Å². The first kappa shape index (κ1) is 11.9. The number of likely N-dealkylation sites (N-methyl/N-ethyl adjacent to an activating group) is 1. The number of amides is 1. The van der Waals surface area contributed by atoms with E-state index in [1.165, 1.54) is 25.7 Å². The lowest BCUT2D eigenvalue weighted by atomic mass is 9.98. The van der Waals surface area contributed by atoms with Gasteiger partial charge in [-0.1, -0.05) is 25.7 Å². The number of hydrogen-bond acceptors (Lipinski definition) is 2. The molecule has 0 aromatic carbocycles. The molecule has 1 saturated heterocycles. The van der Waals surface area contributed by atoms with Crippen molar-refractivity contribution in [3.05, 3.63) is 0 Å². The van der Waals surface area contributed by atoms with Gasteiger partial charge in [-0.3, -0.25) is 4.79 Å². The summed E-state index contributed by atoms with van der Waals surface area (Å²) in [5.41, 5.74) is 0. The minimum absolute atomic E-state index is 0.339. The Morgan fingerprint density at radius 1 is 0.938 bits per heavy atom. The van der Waals surface area contributed by atoms with Crippen LogP contribution in [0.3, 0.4) is 0 Å². The van der Waals surface area contributed by atoms with Crippen molar-refractivity contribution in [3.8, 4) is 0 Å². The number of carbonyl (C=O) groups is 1. The third-order valence-corrected chi connectivity index (χ3v) is 4.02. The van der Waals surface area contributed by atoms with Gasteiger partial charge in [0.1, 0.15) is 0 Å². The Hall–Kier alpha value is -0.570. The van der Waals surface area contributed by atoms with Gasteiger partial charge in [-0.2, -0.15) is 0 Å². The predicted octanol–water partition coefficient (Wildman–Crippen LogP) is 1.73. The molecule has 16 heavy (non-hydrogen) atoms. The Kier molecular flexibility index (Phi) is 4.22. The van der Waals surface area contributed by atoms with Gasteiger partial charge in [0.25, 0.3) is 0 Å². The summed E-state index contributed by atoms with van der Waals surface area (Å²) in [6.07, 6.45) is 7.42. The topological polar surface area (TPSA) is 23.6 Å². The molecule has 2 fully saturated rings. The Labute approximate surface area is 98.8 Å². The van der Waals surface area contributed by atoms with Crippen LogP contribution in [0, 0.1) is 5.92 Å². The van der Waals surface area contributed by atoms with E-state index in [2.05, 4.69) is 16.8 Å². The van der Waals surface area contributed by atoms with Gasteiger partial charge in [0.05, 0.1) is 0 Å². The molecule has 92 valence electrons. The molecule has 1 heterocycles. The fourth-order valence-electron chi connectivity index (χ4n) is 2.81. The molecule has 0 spiro atoms. The van der Waals surface area contributed by atoms with E-state index in [9.17, 15) is 4.79 Å². The van der Waals surface area contributed by atoms with Crippen LogP contribution in [-0.4, -0.2) is 48.9 Å². The second kappa shape index (κ2) is 5.67. The van der Waals surface area contributed by atoms with Crippen molar-refractivity contribution < 1.29 is 4.79 Å². The SMILES string of the molecule is CN1CCN(C(=O)C2CCCCCC2)CC1. The third kappa shape index (κ3) is 2.97. The Bertz CT molecular complexity index is 226. The van der Waals surface area contributed by atoms with E-state index in [0.717, 1.165) is 39.0 Å². The van der Waals surface area contributed by atoms with Crippen molar-refractivity contribution in [1.82, 2.24) is 9.80 Å². The molecule has 1 aliphatic heterocycles. The van der Waals surface area contributed by atoms with Gasteiger partial charge in [-0.15, -0.1) is 0 Å². The second-order valence-corrected chi connectivity index (χ2v) is 5.32. The zero-order chi connectivity index (χ0) is 11.4. The molecule has 2 rings (SSSR count). The zero-order valence-corrected chi connectivity index (χ0v) is 10.5. The largest absolute Gasteiger partial charge is 0.340 e. The summed E-state index contributed by atoms with van der Waals surface area (Å²) < 4.78 is 0. The van der Waals surface area contributed by atoms with Crippen LogP contribution in [0.2, 0.25) is 0 Å². The van der Waals surface area contributed by atoms with E-state index in [-0.39, 0.29) is 0 Å². The first-order valence-electron chi connectivity index (χ1n) is 6.75.